The first kappa shape index (κ1) is 21.4. The van der Waals surface area contributed by atoms with Crippen molar-refractivity contribution in [2.45, 2.75) is 20.3 Å². The number of hydrogen-bond donors (Lipinski definition) is 1. The van der Waals surface area contributed by atoms with E-state index in [2.05, 4.69) is 25.3 Å². The fourth-order valence-corrected chi connectivity index (χ4v) is 4.64. The number of aromatic nitrogens is 2. The maximum atomic E-state index is 13.1. The van der Waals surface area contributed by atoms with Crippen LogP contribution in [-0.2, 0) is 11.2 Å². The van der Waals surface area contributed by atoms with E-state index in [1.54, 1.807) is 23.5 Å². The van der Waals surface area contributed by atoms with Crippen LogP contribution >= 0.6 is 11.3 Å². The van der Waals surface area contributed by atoms with Gasteiger partial charge in [-0.1, -0.05) is 41.7 Å². The Morgan fingerprint density at radius 2 is 1.71 bits per heavy atom. The molecule has 0 aliphatic carbocycles. The number of rotatable bonds is 6. The summed E-state index contributed by atoms with van der Waals surface area (Å²) in [6.45, 7) is 7.61. The van der Waals surface area contributed by atoms with Gasteiger partial charge in [0.25, 0.3) is 0 Å². The van der Waals surface area contributed by atoms with Crippen LogP contribution in [0.1, 0.15) is 21.7 Å². The van der Waals surface area contributed by atoms with Gasteiger partial charge in [-0.05, 0) is 42.7 Å². The molecule has 0 unspecified atom stereocenters. The molecule has 0 atom stereocenters. The van der Waals surface area contributed by atoms with Crippen molar-refractivity contribution in [3.05, 3.63) is 70.0 Å². The SMILES string of the molecule is Cc1cccc(C)c1NC(=O)CN1CCN(c2nnc(Cc3ccc(F)cc3)s2)CC1. The fraction of sp³-hybridized carbons (Fsp3) is 0.348. The Hall–Kier alpha value is -2.84. The van der Waals surface area contributed by atoms with Gasteiger partial charge in [0, 0.05) is 38.3 Å². The Kier molecular flexibility index (Phi) is 6.58. The third-order valence-corrected chi connectivity index (χ3v) is 6.46. The molecule has 1 saturated heterocycles. The second-order valence-corrected chi connectivity index (χ2v) is 8.90. The minimum atomic E-state index is -0.234. The van der Waals surface area contributed by atoms with Crippen LogP contribution in [0.5, 0.6) is 0 Å². The van der Waals surface area contributed by atoms with E-state index in [9.17, 15) is 9.18 Å². The molecule has 0 spiro atoms. The molecule has 1 N–H and O–H groups in total. The highest BCUT2D eigenvalue weighted by Gasteiger charge is 2.22. The van der Waals surface area contributed by atoms with E-state index < -0.39 is 0 Å². The van der Waals surface area contributed by atoms with Crippen molar-refractivity contribution >= 4 is 28.1 Å². The van der Waals surface area contributed by atoms with Crippen LogP contribution in [0, 0.1) is 19.7 Å². The smallest absolute Gasteiger partial charge is 0.238 e. The molecule has 1 aliphatic rings. The van der Waals surface area contributed by atoms with Gasteiger partial charge in [-0.25, -0.2) is 4.39 Å². The van der Waals surface area contributed by atoms with Gasteiger partial charge in [-0.3, -0.25) is 9.69 Å². The highest BCUT2D eigenvalue weighted by molar-refractivity contribution is 7.15. The minimum absolute atomic E-state index is 0.0170. The Balaban J connectivity index is 1.27. The predicted octanol–water partition coefficient (Wildman–Crippen LogP) is 3.65. The lowest BCUT2D eigenvalue weighted by Gasteiger charge is -2.33. The minimum Gasteiger partial charge on any atom is -0.344 e. The molecule has 2 heterocycles. The molecular weight excluding hydrogens is 413 g/mol. The standard InChI is InChI=1S/C23H26FN5OS/c1-16-4-3-5-17(2)22(16)25-20(30)15-28-10-12-29(13-11-28)23-27-26-21(31-23)14-18-6-8-19(24)9-7-18/h3-9H,10-15H2,1-2H3,(H,25,30). The fourth-order valence-electron chi connectivity index (χ4n) is 3.71. The van der Waals surface area contributed by atoms with Crippen LogP contribution in [0.2, 0.25) is 0 Å². The molecule has 0 radical (unpaired) electrons. The quantitative estimate of drug-likeness (QED) is 0.635. The monoisotopic (exact) mass is 439 g/mol. The van der Waals surface area contributed by atoms with Crippen LogP contribution in [0.3, 0.4) is 0 Å². The van der Waals surface area contributed by atoms with Gasteiger partial charge in [0.1, 0.15) is 10.8 Å². The highest BCUT2D eigenvalue weighted by Crippen LogP contribution is 2.24. The zero-order valence-electron chi connectivity index (χ0n) is 17.8. The van der Waals surface area contributed by atoms with Crippen molar-refractivity contribution in [1.82, 2.24) is 15.1 Å². The maximum absolute atomic E-state index is 13.1. The number of amides is 1. The number of aryl methyl sites for hydroxylation is 2. The number of piperazine rings is 1. The van der Waals surface area contributed by atoms with E-state index >= 15 is 0 Å². The number of anilines is 2. The Bertz CT molecular complexity index is 1020. The molecule has 8 heteroatoms. The van der Waals surface area contributed by atoms with Crippen molar-refractivity contribution in [3.8, 4) is 0 Å². The third-order valence-electron chi connectivity index (χ3n) is 5.48. The largest absolute Gasteiger partial charge is 0.344 e. The summed E-state index contributed by atoms with van der Waals surface area (Å²) in [4.78, 5) is 16.9. The van der Waals surface area contributed by atoms with E-state index in [0.717, 1.165) is 58.7 Å². The second kappa shape index (κ2) is 9.53. The molecule has 1 aliphatic heterocycles. The van der Waals surface area contributed by atoms with Gasteiger partial charge < -0.3 is 10.2 Å². The normalized spacial score (nSPS) is 14.6. The summed E-state index contributed by atoms with van der Waals surface area (Å²) in [6.07, 6.45) is 0.649. The highest BCUT2D eigenvalue weighted by atomic mass is 32.1. The van der Waals surface area contributed by atoms with Gasteiger partial charge in [0.2, 0.25) is 11.0 Å². The van der Waals surface area contributed by atoms with Crippen molar-refractivity contribution in [1.29, 1.82) is 0 Å². The summed E-state index contributed by atoms with van der Waals surface area (Å²) >= 11 is 1.57. The van der Waals surface area contributed by atoms with Gasteiger partial charge in [-0.2, -0.15) is 0 Å². The molecule has 4 rings (SSSR count). The third kappa shape index (κ3) is 5.45. The Morgan fingerprint density at radius 3 is 2.39 bits per heavy atom. The first-order valence-electron chi connectivity index (χ1n) is 10.4. The lowest BCUT2D eigenvalue weighted by Crippen LogP contribution is -2.48. The number of nitrogens with one attached hydrogen (secondary N) is 1. The van der Waals surface area contributed by atoms with Gasteiger partial charge >= 0.3 is 0 Å². The Labute approximate surface area is 185 Å². The Morgan fingerprint density at radius 1 is 1.03 bits per heavy atom. The van der Waals surface area contributed by atoms with E-state index in [1.807, 2.05) is 32.0 Å². The number of carbonyl (C=O) groups excluding carboxylic acids is 1. The number of halogens is 1. The van der Waals surface area contributed by atoms with E-state index in [4.69, 9.17) is 0 Å². The molecule has 162 valence electrons. The van der Waals surface area contributed by atoms with Crippen molar-refractivity contribution < 1.29 is 9.18 Å². The zero-order chi connectivity index (χ0) is 21.8. The summed E-state index contributed by atoms with van der Waals surface area (Å²) in [5, 5.41) is 13.5. The van der Waals surface area contributed by atoms with Gasteiger partial charge in [0.05, 0.1) is 6.54 Å². The van der Waals surface area contributed by atoms with Crippen molar-refractivity contribution in [2.24, 2.45) is 0 Å². The second-order valence-electron chi connectivity index (χ2n) is 7.86. The molecular formula is C23H26FN5OS. The zero-order valence-corrected chi connectivity index (χ0v) is 18.6. The van der Waals surface area contributed by atoms with E-state index in [-0.39, 0.29) is 11.7 Å². The lowest BCUT2D eigenvalue weighted by atomic mass is 10.1. The molecule has 6 nitrogen and oxygen atoms in total. The molecule has 1 fully saturated rings. The van der Waals surface area contributed by atoms with Crippen LogP contribution in [0.4, 0.5) is 15.2 Å². The average Bonchev–Trinajstić information content (AvgIpc) is 3.21. The summed E-state index contributed by atoms with van der Waals surface area (Å²) < 4.78 is 13.1. The first-order valence-corrected chi connectivity index (χ1v) is 11.2. The lowest BCUT2D eigenvalue weighted by molar-refractivity contribution is -0.117. The van der Waals surface area contributed by atoms with Gasteiger partial charge in [0.15, 0.2) is 0 Å². The summed E-state index contributed by atoms with van der Waals surface area (Å²) in [5.74, 6) is -0.217. The first-order chi connectivity index (χ1) is 15.0. The summed E-state index contributed by atoms with van der Waals surface area (Å²) in [7, 11) is 0. The topological polar surface area (TPSA) is 61.4 Å². The van der Waals surface area contributed by atoms with Crippen molar-refractivity contribution in [2.75, 3.05) is 42.9 Å². The number of hydrogen-bond acceptors (Lipinski definition) is 6. The maximum Gasteiger partial charge on any atom is 0.238 e. The molecule has 1 amide bonds. The van der Waals surface area contributed by atoms with E-state index in [0.29, 0.717) is 13.0 Å². The van der Waals surface area contributed by atoms with Crippen LogP contribution in [0.15, 0.2) is 42.5 Å². The van der Waals surface area contributed by atoms with Crippen LogP contribution in [-0.4, -0.2) is 53.7 Å². The number of carbonyl (C=O) groups is 1. The average molecular weight is 440 g/mol. The predicted molar refractivity (Wildman–Crippen MR) is 122 cm³/mol. The number of para-hydroxylation sites is 1. The van der Waals surface area contributed by atoms with Crippen LogP contribution in [0.25, 0.3) is 0 Å². The van der Waals surface area contributed by atoms with Gasteiger partial charge in [-0.15, -0.1) is 10.2 Å². The number of benzene rings is 2. The molecule has 2 aromatic carbocycles. The molecule has 1 aromatic heterocycles. The molecule has 0 saturated carbocycles. The molecule has 0 bridgehead atoms. The molecule has 31 heavy (non-hydrogen) atoms. The van der Waals surface area contributed by atoms with Crippen molar-refractivity contribution in [3.63, 3.8) is 0 Å². The summed E-state index contributed by atoms with van der Waals surface area (Å²) in [6, 6.07) is 12.5. The van der Waals surface area contributed by atoms with E-state index in [1.165, 1.54) is 12.1 Å². The summed E-state index contributed by atoms with van der Waals surface area (Å²) in [5.41, 5.74) is 4.08. The number of nitrogens with zero attached hydrogens (tertiary/aromatic N) is 4. The van der Waals surface area contributed by atoms with Crippen LogP contribution < -0.4 is 10.2 Å². The molecule has 3 aromatic rings.